The van der Waals surface area contributed by atoms with Crippen LogP contribution in [0, 0.1) is 6.92 Å². The van der Waals surface area contributed by atoms with E-state index in [4.69, 9.17) is 21.0 Å². The lowest BCUT2D eigenvalue weighted by Gasteiger charge is -2.10. The molecule has 0 heterocycles. The van der Waals surface area contributed by atoms with Crippen molar-refractivity contribution in [1.29, 1.82) is 0 Å². The quantitative estimate of drug-likeness (QED) is 0.268. The molecule has 0 atom stereocenters. The molecule has 2 aromatic carbocycles. The van der Waals surface area contributed by atoms with Crippen LogP contribution in [0.2, 0.25) is 0 Å². The van der Waals surface area contributed by atoms with Crippen LogP contribution >= 0.6 is 0 Å². The van der Waals surface area contributed by atoms with Gasteiger partial charge in [0.15, 0.2) is 17.3 Å². The van der Waals surface area contributed by atoms with E-state index >= 15 is 0 Å². The second-order valence-corrected chi connectivity index (χ2v) is 5.12. The summed E-state index contributed by atoms with van der Waals surface area (Å²) in [5, 5.41) is 3.60. The number of halogens is 2. The Balaban J connectivity index is 2.18. The summed E-state index contributed by atoms with van der Waals surface area (Å²) in [7, 11) is 1.25. The molecular weight excluding hydrogens is 348 g/mol. The lowest BCUT2D eigenvalue weighted by Crippen LogP contribution is -2.17. The number of benzene rings is 2. The molecule has 2 aromatic rings. The van der Waals surface area contributed by atoms with Gasteiger partial charge in [-0.2, -0.15) is 8.78 Å². The largest absolute Gasteiger partial charge is 0.493 e. The molecule has 7 nitrogen and oxygen atoms in total. The van der Waals surface area contributed by atoms with Crippen LogP contribution in [-0.2, 0) is 4.84 Å². The van der Waals surface area contributed by atoms with Crippen LogP contribution in [0.3, 0.4) is 0 Å². The number of nitrogens with zero attached hydrogens (tertiary/aromatic N) is 1. The fourth-order valence-electron chi connectivity index (χ4n) is 2.11. The molecule has 26 heavy (non-hydrogen) atoms. The van der Waals surface area contributed by atoms with Gasteiger partial charge in [0.25, 0.3) is 0 Å². The van der Waals surface area contributed by atoms with Crippen molar-refractivity contribution in [3.8, 4) is 11.5 Å². The number of anilines is 1. The van der Waals surface area contributed by atoms with Gasteiger partial charge in [-0.05, 0) is 36.8 Å². The summed E-state index contributed by atoms with van der Waals surface area (Å²) in [4.78, 5) is 16.9. The Hall–Kier alpha value is -3.36. The summed E-state index contributed by atoms with van der Waals surface area (Å²) in [5.41, 5.74) is 13.4. The number of rotatable bonds is 6. The van der Waals surface area contributed by atoms with Gasteiger partial charge in [0.05, 0.1) is 12.7 Å². The zero-order valence-electron chi connectivity index (χ0n) is 14.0. The number of amidine groups is 1. The van der Waals surface area contributed by atoms with Crippen LogP contribution in [0.5, 0.6) is 11.5 Å². The van der Waals surface area contributed by atoms with E-state index in [9.17, 15) is 13.6 Å². The molecule has 0 spiro atoms. The standard InChI is InChI=1S/C17H17F2N3O4/c1-9-11(4-3-5-12(9)20)15(21)22-26-16(23)10-6-7-13(25-17(18)19)14(8-10)24-2/h3-8,17H,20H2,1-2H3,(H2,21,22). The zero-order chi connectivity index (χ0) is 19.3. The normalized spacial score (nSPS) is 11.3. The van der Waals surface area contributed by atoms with Crippen LogP contribution in [0.15, 0.2) is 41.6 Å². The van der Waals surface area contributed by atoms with Crippen LogP contribution in [-0.4, -0.2) is 25.5 Å². The van der Waals surface area contributed by atoms with Crippen molar-refractivity contribution in [2.45, 2.75) is 13.5 Å². The van der Waals surface area contributed by atoms with Crippen molar-refractivity contribution in [3.63, 3.8) is 0 Å². The Bertz CT molecular complexity index is 841. The molecule has 2 rings (SSSR count). The first kappa shape index (κ1) is 19.0. The third-order valence-corrected chi connectivity index (χ3v) is 3.49. The second-order valence-electron chi connectivity index (χ2n) is 5.12. The van der Waals surface area contributed by atoms with Gasteiger partial charge in [0.2, 0.25) is 0 Å². The number of alkyl halides is 2. The molecule has 0 saturated carbocycles. The number of nitrogen functional groups attached to an aromatic ring is 1. The lowest BCUT2D eigenvalue weighted by atomic mass is 10.1. The van der Waals surface area contributed by atoms with Crippen molar-refractivity contribution in [2.24, 2.45) is 10.9 Å². The monoisotopic (exact) mass is 365 g/mol. The summed E-state index contributed by atoms with van der Waals surface area (Å²) in [6.07, 6.45) is 0. The van der Waals surface area contributed by atoms with Crippen molar-refractivity contribution in [1.82, 2.24) is 0 Å². The molecule has 0 aliphatic heterocycles. The predicted molar refractivity (Wildman–Crippen MR) is 91.4 cm³/mol. The van der Waals surface area contributed by atoms with Crippen LogP contribution in [0.4, 0.5) is 14.5 Å². The number of oxime groups is 1. The van der Waals surface area contributed by atoms with E-state index in [0.717, 1.165) is 6.07 Å². The first-order valence-corrected chi connectivity index (χ1v) is 7.36. The highest BCUT2D eigenvalue weighted by molar-refractivity contribution is 6.00. The molecule has 0 fully saturated rings. The number of carbonyl (C=O) groups excluding carboxylic acids is 1. The Kier molecular flexibility index (Phi) is 5.94. The summed E-state index contributed by atoms with van der Waals surface area (Å²) >= 11 is 0. The second kappa shape index (κ2) is 8.15. The number of hydrogen-bond acceptors (Lipinski definition) is 6. The average molecular weight is 365 g/mol. The lowest BCUT2D eigenvalue weighted by molar-refractivity contribution is -0.0512. The number of nitrogens with two attached hydrogens (primary N) is 2. The minimum Gasteiger partial charge on any atom is -0.493 e. The van der Waals surface area contributed by atoms with Crippen molar-refractivity contribution in [2.75, 3.05) is 12.8 Å². The van der Waals surface area contributed by atoms with E-state index in [1.54, 1.807) is 25.1 Å². The summed E-state index contributed by atoms with van der Waals surface area (Å²) in [6.45, 7) is -1.27. The van der Waals surface area contributed by atoms with Gasteiger partial charge in [-0.25, -0.2) is 4.79 Å². The van der Waals surface area contributed by atoms with Gasteiger partial charge in [-0.1, -0.05) is 17.3 Å². The zero-order valence-corrected chi connectivity index (χ0v) is 14.0. The predicted octanol–water partition coefficient (Wildman–Crippen LogP) is 2.66. The van der Waals surface area contributed by atoms with Gasteiger partial charge in [0, 0.05) is 11.3 Å². The molecule has 0 aromatic heterocycles. The molecule has 9 heteroatoms. The molecule has 0 aliphatic rings. The van der Waals surface area contributed by atoms with E-state index in [1.807, 2.05) is 0 Å². The van der Waals surface area contributed by atoms with Crippen LogP contribution in [0.25, 0.3) is 0 Å². The molecule has 0 bridgehead atoms. The summed E-state index contributed by atoms with van der Waals surface area (Å²) in [6, 6.07) is 8.66. The Morgan fingerprint density at radius 3 is 2.58 bits per heavy atom. The van der Waals surface area contributed by atoms with Gasteiger partial charge >= 0.3 is 12.6 Å². The third-order valence-electron chi connectivity index (χ3n) is 3.49. The maximum Gasteiger partial charge on any atom is 0.387 e. The van der Waals surface area contributed by atoms with E-state index in [2.05, 4.69) is 9.89 Å². The van der Waals surface area contributed by atoms with Gasteiger partial charge in [0.1, 0.15) is 0 Å². The molecule has 0 saturated heterocycles. The first-order valence-electron chi connectivity index (χ1n) is 7.36. The van der Waals surface area contributed by atoms with Gasteiger partial charge in [-0.3, -0.25) is 0 Å². The van der Waals surface area contributed by atoms with E-state index < -0.39 is 12.6 Å². The SMILES string of the molecule is COc1cc(C(=O)O/N=C(\N)c2cccc(N)c2C)ccc1OC(F)F. The molecule has 0 radical (unpaired) electrons. The number of methoxy groups -OCH3 is 1. The number of ether oxygens (including phenoxy) is 2. The average Bonchev–Trinajstić information content (AvgIpc) is 2.61. The van der Waals surface area contributed by atoms with E-state index in [-0.39, 0.29) is 22.9 Å². The Labute approximate surface area is 148 Å². The maximum atomic E-state index is 12.3. The third kappa shape index (κ3) is 4.38. The molecule has 0 aliphatic carbocycles. The van der Waals surface area contributed by atoms with Crippen LogP contribution < -0.4 is 20.9 Å². The van der Waals surface area contributed by atoms with Crippen molar-refractivity contribution < 1.29 is 27.9 Å². The minimum absolute atomic E-state index is 0.0179. The van der Waals surface area contributed by atoms with E-state index in [0.29, 0.717) is 16.8 Å². The highest BCUT2D eigenvalue weighted by atomic mass is 19.3. The summed E-state index contributed by atoms with van der Waals surface area (Å²) < 4.78 is 33.8. The van der Waals surface area contributed by atoms with Crippen molar-refractivity contribution in [3.05, 3.63) is 53.1 Å². The molecule has 0 amide bonds. The number of carbonyl (C=O) groups is 1. The molecule has 138 valence electrons. The fourth-order valence-corrected chi connectivity index (χ4v) is 2.11. The smallest absolute Gasteiger partial charge is 0.387 e. The molecule has 4 N–H and O–H groups in total. The highest BCUT2D eigenvalue weighted by Gasteiger charge is 2.16. The Morgan fingerprint density at radius 2 is 1.92 bits per heavy atom. The molecular formula is C17H17F2N3O4. The number of hydrogen-bond donors (Lipinski definition) is 2. The van der Waals surface area contributed by atoms with Crippen LogP contribution in [0.1, 0.15) is 21.5 Å². The van der Waals surface area contributed by atoms with Gasteiger partial charge in [-0.15, -0.1) is 0 Å². The van der Waals surface area contributed by atoms with Gasteiger partial charge < -0.3 is 25.8 Å². The molecule has 0 unspecified atom stereocenters. The Morgan fingerprint density at radius 1 is 1.19 bits per heavy atom. The summed E-state index contributed by atoms with van der Waals surface area (Å²) in [5.74, 6) is -1.15. The maximum absolute atomic E-state index is 12.3. The fraction of sp³-hybridized carbons (Fsp3) is 0.176. The topological polar surface area (TPSA) is 109 Å². The van der Waals surface area contributed by atoms with E-state index in [1.165, 1.54) is 19.2 Å². The first-order chi connectivity index (χ1) is 12.3. The van der Waals surface area contributed by atoms with Crippen molar-refractivity contribution >= 4 is 17.5 Å². The minimum atomic E-state index is -3.02. The highest BCUT2D eigenvalue weighted by Crippen LogP contribution is 2.29.